The van der Waals surface area contributed by atoms with Crippen LogP contribution in [0.3, 0.4) is 0 Å². The molecule has 2 nitrogen and oxygen atoms in total. The van der Waals surface area contributed by atoms with Gasteiger partial charge in [0.1, 0.15) is 0 Å². The second-order valence-corrected chi connectivity index (χ2v) is 5.28. The van der Waals surface area contributed by atoms with Gasteiger partial charge in [-0.05, 0) is 36.9 Å². The summed E-state index contributed by atoms with van der Waals surface area (Å²) in [4.78, 5) is 5.30. The number of nitrogens with zero attached hydrogens (tertiary/aromatic N) is 1. The Bertz CT molecular complexity index is 570. The molecule has 0 aliphatic heterocycles. The largest absolute Gasteiger partial charge is 0.416 e. The number of nitrogens with one attached hydrogen (secondary N) is 1. The molecule has 0 fully saturated rings. The van der Waals surface area contributed by atoms with Crippen molar-refractivity contribution in [1.82, 2.24) is 10.3 Å². The van der Waals surface area contributed by atoms with Crippen LogP contribution in [0.1, 0.15) is 11.1 Å². The van der Waals surface area contributed by atoms with Crippen molar-refractivity contribution in [3.63, 3.8) is 0 Å². The molecule has 0 spiro atoms. The molecule has 106 valence electrons. The van der Waals surface area contributed by atoms with Crippen molar-refractivity contribution >= 4 is 11.8 Å². The Balaban J connectivity index is 2.32. The van der Waals surface area contributed by atoms with Crippen LogP contribution in [0.2, 0.25) is 0 Å². The van der Waals surface area contributed by atoms with E-state index in [9.17, 15) is 13.2 Å². The van der Waals surface area contributed by atoms with E-state index in [0.717, 1.165) is 4.90 Å². The van der Waals surface area contributed by atoms with Crippen LogP contribution in [0.25, 0.3) is 0 Å². The topological polar surface area (TPSA) is 24.9 Å². The number of benzene rings is 1. The molecule has 0 atom stereocenters. The van der Waals surface area contributed by atoms with Crippen molar-refractivity contribution in [1.29, 1.82) is 0 Å². The molecule has 2 rings (SSSR count). The summed E-state index contributed by atoms with van der Waals surface area (Å²) >= 11 is 1.28. The fraction of sp³-hybridized carbons (Fsp3) is 0.214. The second kappa shape index (κ2) is 6.28. The molecule has 1 N–H and O–H groups in total. The molecule has 20 heavy (non-hydrogen) atoms. The molecular formula is C14H13F3N2S. The fourth-order valence-corrected chi connectivity index (χ4v) is 2.61. The van der Waals surface area contributed by atoms with Gasteiger partial charge in [-0.15, -0.1) is 0 Å². The smallest absolute Gasteiger partial charge is 0.316 e. The van der Waals surface area contributed by atoms with Gasteiger partial charge in [0.15, 0.2) is 0 Å². The Hall–Kier alpha value is -1.53. The summed E-state index contributed by atoms with van der Waals surface area (Å²) in [6, 6.07) is 7.94. The zero-order valence-electron chi connectivity index (χ0n) is 10.7. The average Bonchev–Trinajstić information content (AvgIpc) is 2.41. The van der Waals surface area contributed by atoms with Gasteiger partial charge >= 0.3 is 6.18 Å². The van der Waals surface area contributed by atoms with Gasteiger partial charge in [-0.1, -0.05) is 17.8 Å². The minimum Gasteiger partial charge on any atom is -0.316 e. The van der Waals surface area contributed by atoms with Crippen LogP contribution in [-0.2, 0) is 12.7 Å². The van der Waals surface area contributed by atoms with E-state index in [2.05, 4.69) is 10.3 Å². The molecule has 1 heterocycles. The van der Waals surface area contributed by atoms with Gasteiger partial charge in [0, 0.05) is 28.7 Å². The molecule has 1 aromatic heterocycles. The number of hydrogen-bond donors (Lipinski definition) is 1. The van der Waals surface area contributed by atoms with Crippen LogP contribution >= 0.6 is 11.8 Å². The van der Waals surface area contributed by atoms with Crippen molar-refractivity contribution in [3.05, 3.63) is 53.9 Å². The highest BCUT2D eigenvalue weighted by molar-refractivity contribution is 7.99. The normalized spacial score (nSPS) is 11.6. The van der Waals surface area contributed by atoms with Crippen LogP contribution in [0, 0.1) is 0 Å². The first kappa shape index (κ1) is 14.9. The number of pyridine rings is 1. The highest BCUT2D eigenvalue weighted by atomic mass is 32.2. The third kappa shape index (κ3) is 3.74. The van der Waals surface area contributed by atoms with E-state index in [4.69, 9.17) is 0 Å². The van der Waals surface area contributed by atoms with E-state index in [0.29, 0.717) is 4.90 Å². The van der Waals surface area contributed by atoms with Crippen LogP contribution in [0.15, 0.2) is 52.5 Å². The second-order valence-electron chi connectivity index (χ2n) is 4.13. The Morgan fingerprint density at radius 3 is 2.40 bits per heavy atom. The number of alkyl halides is 3. The molecule has 6 heteroatoms. The highest BCUT2D eigenvalue weighted by Crippen LogP contribution is 2.36. The number of rotatable bonds is 4. The van der Waals surface area contributed by atoms with E-state index in [1.54, 1.807) is 37.6 Å². The minimum atomic E-state index is -4.35. The van der Waals surface area contributed by atoms with Crippen molar-refractivity contribution in [2.24, 2.45) is 0 Å². The highest BCUT2D eigenvalue weighted by Gasteiger charge is 2.33. The lowest BCUT2D eigenvalue weighted by atomic mass is 10.1. The van der Waals surface area contributed by atoms with E-state index in [-0.39, 0.29) is 12.1 Å². The lowest BCUT2D eigenvalue weighted by molar-refractivity contribution is -0.138. The predicted octanol–water partition coefficient (Wildman–Crippen LogP) is 3.97. The van der Waals surface area contributed by atoms with Crippen molar-refractivity contribution < 1.29 is 13.2 Å². The summed E-state index contributed by atoms with van der Waals surface area (Å²) in [6.07, 6.45) is -1.12. The summed E-state index contributed by atoms with van der Waals surface area (Å²) < 4.78 is 39.1. The maximum absolute atomic E-state index is 13.0. The number of halogens is 3. The van der Waals surface area contributed by atoms with Crippen LogP contribution < -0.4 is 5.32 Å². The first-order valence-electron chi connectivity index (χ1n) is 5.93. The number of hydrogen-bond acceptors (Lipinski definition) is 3. The van der Waals surface area contributed by atoms with Gasteiger partial charge in [-0.3, -0.25) is 4.98 Å². The van der Waals surface area contributed by atoms with Crippen LogP contribution in [0.4, 0.5) is 13.2 Å². The quantitative estimate of drug-likeness (QED) is 0.924. The molecular weight excluding hydrogens is 285 g/mol. The maximum Gasteiger partial charge on any atom is 0.416 e. The van der Waals surface area contributed by atoms with Crippen LogP contribution in [0.5, 0.6) is 0 Å². The van der Waals surface area contributed by atoms with E-state index in [1.807, 2.05) is 0 Å². The molecule has 1 aromatic carbocycles. The Morgan fingerprint density at radius 2 is 1.80 bits per heavy atom. The van der Waals surface area contributed by atoms with Gasteiger partial charge in [-0.25, -0.2) is 0 Å². The molecule has 0 saturated heterocycles. The van der Waals surface area contributed by atoms with E-state index in [1.165, 1.54) is 23.9 Å². The van der Waals surface area contributed by atoms with Crippen molar-refractivity contribution in [2.75, 3.05) is 7.05 Å². The van der Waals surface area contributed by atoms with Crippen molar-refractivity contribution in [2.45, 2.75) is 22.5 Å². The third-order valence-corrected chi connectivity index (χ3v) is 3.64. The first-order chi connectivity index (χ1) is 9.50. The van der Waals surface area contributed by atoms with Gasteiger partial charge in [-0.2, -0.15) is 13.2 Å². The third-order valence-electron chi connectivity index (χ3n) is 2.64. The molecule has 2 aromatic rings. The lowest BCUT2D eigenvalue weighted by Gasteiger charge is -2.14. The zero-order valence-corrected chi connectivity index (χ0v) is 11.6. The maximum atomic E-state index is 13.0. The van der Waals surface area contributed by atoms with Gasteiger partial charge in [0.25, 0.3) is 0 Å². The molecule has 0 amide bonds. The monoisotopic (exact) mass is 298 g/mol. The summed E-state index contributed by atoms with van der Waals surface area (Å²) in [5, 5.41) is 2.75. The Kier molecular flexibility index (Phi) is 4.67. The fourth-order valence-electron chi connectivity index (χ4n) is 1.77. The molecule has 0 saturated carbocycles. The number of aromatic nitrogens is 1. The average molecular weight is 298 g/mol. The summed E-state index contributed by atoms with van der Waals surface area (Å²) in [6.45, 7) is 0.190. The van der Waals surface area contributed by atoms with Crippen LogP contribution in [-0.4, -0.2) is 12.0 Å². The minimum absolute atomic E-state index is 0.190. The molecule has 0 bridgehead atoms. The SMILES string of the molecule is CNCc1ccc(Sc2ccncc2)cc1C(F)(F)F. The van der Waals surface area contributed by atoms with Gasteiger partial charge < -0.3 is 5.32 Å². The molecule has 0 radical (unpaired) electrons. The first-order valence-corrected chi connectivity index (χ1v) is 6.75. The Morgan fingerprint density at radius 1 is 1.10 bits per heavy atom. The zero-order chi connectivity index (χ0) is 14.6. The molecule has 0 aliphatic rings. The summed E-state index contributed by atoms with van der Waals surface area (Å²) in [5.74, 6) is 0. The Labute approximate surface area is 119 Å². The summed E-state index contributed by atoms with van der Waals surface area (Å²) in [5.41, 5.74) is -0.343. The van der Waals surface area contributed by atoms with E-state index < -0.39 is 11.7 Å². The van der Waals surface area contributed by atoms with Gasteiger partial charge in [0.05, 0.1) is 5.56 Å². The van der Waals surface area contributed by atoms with Gasteiger partial charge in [0.2, 0.25) is 0 Å². The van der Waals surface area contributed by atoms with E-state index >= 15 is 0 Å². The molecule has 0 unspecified atom stereocenters. The standard InChI is InChI=1S/C14H13F3N2S/c1-18-9-10-2-3-12(8-13(10)14(15,16)17)20-11-4-6-19-7-5-11/h2-8,18H,9H2,1H3. The predicted molar refractivity (Wildman–Crippen MR) is 72.6 cm³/mol. The molecule has 0 aliphatic carbocycles. The van der Waals surface area contributed by atoms with Crippen molar-refractivity contribution in [3.8, 4) is 0 Å². The summed E-state index contributed by atoms with van der Waals surface area (Å²) in [7, 11) is 1.62. The lowest BCUT2D eigenvalue weighted by Crippen LogP contribution is -2.14.